The molecule has 21 heavy (non-hydrogen) atoms. The summed E-state index contributed by atoms with van der Waals surface area (Å²) in [5.74, 6) is 0. The molecule has 0 aliphatic rings. The molecule has 0 aromatic carbocycles. The lowest BCUT2D eigenvalue weighted by Gasteiger charge is -2.21. The first-order valence-electron chi connectivity index (χ1n) is 6.20. The third-order valence-electron chi connectivity index (χ3n) is 2.73. The number of nitro groups is 1. The molecule has 0 aliphatic carbocycles. The quantitative estimate of drug-likeness (QED) is 0.550. The van der Waals surface area contributed by atoms with Crippen molar-refractivity contribution in [2.45, 2.75) is 29.7 Å². The Morgan fingerprint density at radius 2 is 2.10 bits per heavy atom. The van der Waals surface area contributed by atoms with Gasteiger partial charge in [-0.2, -0.15) is 11.8 Å². The summed E-state index contributed by atoms with van der Waals surface area (Å²) in [4.78, 5) is 10.4. The summed E-state index contributed by atoms with van der Waals surface area (Å²) in [6.07, 6.45) is 1.90. The molecule has 0 spiro atoms. The predicted octanol–water partition coefficient (Wildman–Crippen LogP) is 2.51. The van der Waals surface area contributed by atoms with Gasteiger partial charge in [0.05, 0.1) is 4.92 Å². The lowest BCUT2D eigenvalue weighted by Crippen LogP contribution is -2.35. The van der Waals surface area contributed by atoms with E-state index in [2.05, 4.69) is 10.0 Å². The molecule has 1 heterocycles. The number of thioether (sulfide) groups is 1. The fraction of sp³-hybridized carbons (Fsp3) is 0.636. The fourth-order valence-corrected chi connectivity index (χ4v) is 4.29. The van der Waals surface area contributed by atoms with Crippen LogP contribution in [0.5, 0.6) is 0 Å². The average Bonchev–Trinajstić information content (AvgIpc) is 2.82. The standard InChI is InChI=1S/C11H19N3O4S3/c1-5-12-10-8(14(15)16)6-9(20-10)21(17,18)13-7-11(2,3)19-4/h6,12-13H,5,7H2,1-4H3. The minimum absolute atomic E-state index is 0.0537. The van der Waals surface area contributed by atoms with Gasteiger partial charge >= 0.3 is 5.69 Å². The molecule has 2 N–H and O–H groups in total. The number of thiophene rings is 1. The van der Waals surface area contributed by atoms with E-state index < -0.39 is 14.9 Å². The van der Waals surface area contributed by atoms with Crippen molar-refractivity contribution in [2.75, 3.05) is 24.7 Å². The van der Waals surface area contributed by atoms with Crippen molar-refractivity contribution in [3.63, 3.8) is 0 Å². The Balaban J connectivity index is 3.03. The van der Waals surface area contributed by atoms with Crippen molar-refractivity contribution in [1.29, 1.82) is 0 Å². The maximum atomic E-state index is 12.2. The number of sulfonamides is 1. The smallest absolute Gasteiger partial charge is 0.304 e. The average molecular weight is 353 g/mol. The van der Waals surface area contributed by atoms with Gasteiger partial charge in [-0.1, -0.05) is 11.3 Å². The molecule has 0 fully saturated rings. The highest BCUT2D eigenvalue weighted by atomic mass is 32.2. The second kappa shape index (κ2) is 6.95. The molecule has 7 nitrogen and oxygen atoms in total. The molecule has 0 atom stereocenters. The van der Waals surface area contributed by atoms with Crippen molar-refractivity contribution in [2.24, 2.45) is 0 Å². The summed E-state index contributed by atoms with van der Waals surface area (Å²) in [6, 6.07) is 1.09. The van der Waals surface area contributed by atoms with Crippen LogP contribution in [0.2, 0.25) is 0 Å². The molecule has 0 unspecified atom stereocenters. The van der Waals surface area contributed by atoms with Crippen molar-refractivity contribution < 1.29 is 13.3 Å². The van der Waals surface area contributed by atoms with E-state index in [-0.39, 0.29) is 26.2 Å². The van der Waals surface area contributed by atoms with Crippen molar-refractivity contribution in [3.05, 3.63) is 16.2 Å². The number of hydrogen-bond donors (Lipinski definition) is 2. The maximum Gasteiger partial charge on any atom is 0.304 e. The molecule has 120 valence electrons. The third-order valence-corrected chi connectivity index (χ3v) is 6.94. The molecule has 0 radical (unpaired) electrons. The Labute approximate surface area is 132 Å². The summed E-state index contributed by atoms with van der Waals surface area (Å²) >= 11 is 2.41. The normalized spacial score (nSPS) is 12.4. The Morgan fingerprint density at radius 3 is 2.57 bits per heavy atom. The first-order chi connectivity index (χ1) is 9.63. The zero-order valence-corrected chi connectivity index (χ0v) is 14.7. The minimum atomic E-state index is -3.75. The van der Waals surface area contributed by atoms with Crippen LogP contribution in [0.15, 0.2) is 10.3 Å². The number of anilines is 1. The third kappa shape index (κ3) is 4.83. The Bertz CT molecular complexity index is 610. The summed E-state index contributed by atoms with van der Waals surface area (Å²) < 4.78 is 26.7. The zero-order chi connectivity index (χ0) is 16.3. The van der Waals surface area contributed by atoms with Gasteiger partial charge in [0, 0.05) is 23.9 Å². The SMILES string of the molecule is CCNc1sc(S(=O)(=O)NCC(C)(C)SC)cc1[N+](=O)[O-]. The van der Waals surface area contributed by atoms with Gasteiger partial charge in [0.25, 0.3) is 0 Å². The van der Waals surface area contributed by atoms with Crippen LogP contribution in [0.4, 0.5) is 10.7 Å². The highest BCUT2D eigenvalue weighted by molar-refractivity contribution is 8.00. The van der Waals surface area contributed by atoms with E-state index in [1.165, 1.54) is 0 Å². The molecule has 10 heteroatoms. The highest BCUT2D eigenvalue weighted by Crippen LogP contribution is 2.37. The maximum absolute atomic E-state index is 12.2. The van der Waals surface area contributed by atoms with Gasteiger partial charge in [-0.15, -0.1) is 0 Å². The van der Waals surface area contributed by atoms with E-state index in [0.29, 0.717) is 6.54 Å². The van der Waals surface area contributed by atoms with Crippen LogP contribution < -0.4 is 10.0 Å². The van der Waals surface area contributed by atoms with Crippen LogP contribution >= 0.6 is 23.1 Å². The molecule has 1 rings (SSSR count). The first-order valence-corrected chi connectivity index (χ1v) is 9.72. The van der Waals surface area contributed by atoms with Gasteiger partial charge in [0.2, 0.25) is 10.0 Å². The van der Waals surface area contributed by atoms with Gasteiger partial charge in [-0.25, -0.2) is 13.1 Å². The Kier molecular flexibility index (Phi) is 6.02. The van der Waals surface area contributed by atoms with Crippen molar-refractivity contribution in [3.8, 4) is 0 Å². The van der Waals surface area contributed by atoms with Crippen LogP contribution in [-0.2, 0) is 10.0 Å². The highest BCUT2D eigenvalue weighted by Gasteiger charge is 2.27. The molecule has 0 aliphatic heterocycles. The lowest BCUT2D eigenvalue weighted by molar-refractivity contribution is -0.383. The van der Waals surface area contributed by atoms with Gasteiger partial charge in [0.1, 0.15) is 4.21 Å². The topological polar surface area (TPSA) is 101 Å². The van der Waals surface area contributed by atoms with Crippen LogP contribution in [0.1, 0.15) is 20.8 Å². The van der Waals surface area contributed by atoms with Crippen LogP contribution in [0.25, 0.3) is 0 Å². The summed E-state index contributed by atoms with van der Waals surface area (Å²) in [5.41, 5.74) is -0.216. The molecule has 1 aromatic heterocycles. The molecule has 0 saturated heterocycles. The molecule has 0 saturated carbocycles. The second-order valence-corrected chi connectivity index (χ2v) is 9.42. The predicted molar refractivity (Wildman–Crippen MR) is 87.9 cm³/mol. The molecular formula is C11H19N3O4S3. The van der Waals surface area contributed by atoms with E-state index in [0.717, 1.165) is 17.4 Å². The van der Waals surface area contributed by atoms with Gasteiger partial charge in [-0.05, 0) is 27.0 Å². The lowest BCUT2D eigenvalue weighted by atomic mass is 10.2. The number of nitrogens with one attached hydrogen (secondary N) is 2. The summed E-state index contributed by atoms with van der Waals surface area (Å²) in [5, 5.41) is 14.0. The minimum Gasteiger partial charge on any atom is -0.372 e. The number of hydrogen-bond acceptors (Lipinski definition) is 7. The Morgan fingerprint density at radius 1 is 1.48 bits per heavy atom. The summed E-state index contributed by atoms with van der Waals surface area (Å²) in [7, 11) is -3.75. The fourth-order valence-electron chi connectivity index (χ4n) is 1.33. The van der Waals surface area contributed by atoms with Gasteiger partial charge in [0.15, 0.2) is 5.00 Å². The van der Waals surface area contributed by atoms with Crippen LogP contribution in [-0.4, -0.2) is 37.4 Å². The van der Waals surface area contributed by atoms with E-state index in [1.54, 1.807) is 18.7 Å². The number of rotatable bonds is 8. The van der Waals surface area contributed by atoms with Gasteiger partial charge in [-0.3, -0.25) is 10.1 Å². The van der Waals surface area contributed by atoms with E-state index >= 15 is 0 Å². The van der Waals surface area contributed by atoms with Crippen molar-refractivity contribution in [1.82, 2.24) is 4.72 Å². The van der Waals surface area contributed by atoms with E-state index in [9.17, 15) is 18.5 Å². The molecule has 0 amide bonds. The first kappa shape index (κ1) is 18.2. The summed E-state index contributed by atoms with van der Waals surface area (Å²) in [6.45, 7) is 6.35. The zero-order valence-electron chi connectivity index (χ0n) is 12.3. The van der Waals surface area contributed by atoms with Crippen LogP contribution in [0.3, 0.4) is 0 Å². The van der Waals surface area contributed by atoms with Gasteiger partial charge < -0.3 is 5.32 Å². The second-order valence-electron chi connectivity index (χ2n) is 4.86. The van der Waals surface area contributed by atoms with Crippen LogP contribution in [0, 0.1) is 10.1 Å². The largest absolute Gasteiger partial charge is 0.372 e. The van der Waals surface area contributed by atoms with E-state index in [4.69, 9.17) is 0 Å². The molecular weight excluding hydrogens is 334 g/mol. The number of nitrogens with zero attached hydrogens (tertiary/aromatic N) is 1. The van der Waals surface area contributed by atoms with E-state index in [1.807, 2.05) is 20.1 Å². The monoisotopic (exact) mass is 353 g/mol. The van der Waals surface area contributed by atoms with Crippen molar-refractivity contribution >= 4 is 43.8 Å². The molecule has 1 aromatic rings. The Hall–Kier alpha value is -0.840. The molecule has 0 bridgehead atoms.